The van der Waals surface area contributed by atoms with Crippen molar-refractivity contribution in [3.63, 3.8) is 0 Å². The Bertz CT molecular complexity index is 1070. The number of nitrogens with one attached hydrogen (secondary N) is 1. The van der Waals surface area contributed by atoms with Crippen LogP contribution < -0.4 is 14.8 Å². The minimum atomic E-state index is -0.940. The number of amides is 1. The van der Waals surface area contributed by atoms with Crippen LogP contribution in [0.4, 0.5) is 0 Å². The van der Waals surface area contributed by atoms with Gasteiger partial charge in [-0.15, -0.1) is 0 Å². The zero-order valence-corrected chi connectivity index (χ0v) is 24.0. The van der Waals surface area contributed by atoms with Gasteiger partial charge in [0.15, 0.2) is 17.2 Å². The van der Waals surface area contributed by atoms with Crippen molar-refractivity contribution in [1.82, 2.24) is 10.3 Å². The fourth-order valence-corrected chi connectivity index (χ4v) is 7.60. The number of nitrogens with zero attached hydrogens (tertiary/aromatic N) is 1. The number of esters is 2. The number of ether oxygens (including phenoxy) is 5. The number of methoxy groups -OCH3 is 1. The van der Waals surface area contributed by atoms with Crippen molar-refractivity contribution in [2.24, 2.45) is 29.1 Å². The molecular weight excluding hydrogens is 516 g/mol. The lowest BCUT2D eigenvalue weighted by Gasteiger charge is -2.59. The van der Waals surface area contributed by atoms with Crippen LogP contribution in [0.3, 0.4) is 0 Å². The largest absolute Gasteiger partial charge is 0.493 e. The van der Waals surface area contributed by atoms with E-state index in [9.17, 15) is 14.4 Å². The summed E-state index contributed by atoms with van der Waals surface area (Å²) in [7, 11) is 1.42. The molecule has 0 aromatic carbocycles. The second-order valence-corrected chi connectivity index (χ2v) is 12.4. The maximum Gasteiger partial charge on any atom is 0.328 e. The number of pyridine rings is 1. The summed E-state index contributed by atoms with van der Waals surface area (Å²) in [5.41, 5.74) is -0.0347. The molecule has 220 valence electrons. The number of hydrogen-bond donors (Lipinski definition) is 1. The van der Waals surface area contributed by atoms with Crippen LogP contribution in [0.1, 0.15) is 82.6 Å². The first-order chi connectivity index (χ1) is 19.2. The molecule has 5 aliphatic carbocycles. The van der Waals surface area contributed by atoms with Crippen LogP contribution in [-0.2, 0) is 23.8 Å². The van der Waals surface area contributed by atoms with E-state index in [2.05, 4.69) is 10.3 Å². The molecule has 0 spiro atoms. The van der Waals surface area contributed by atoms with Crippen molar-refractivity contribution >= 4 is 17.8 Å². The second kappa shape index (κ2) is 11.9. The molecule has 10 heteroatoms. The SMILES string of the molecule is COc1ccnc(C(=O)N[C@@H](C)C(=O)O[C@@H](C)[C@H](OCC2CC2)C23CC4CC(CC(C4)C2)C3)c1OCOC(C)=O. The molecule has 0 radical (unpaired) electrons. The van der Waals surface area contributed by atoms with Crippen molar-refractivity contribution in [2.45, 2.75) is 90.4 Å². The van der Waals surface area contributed by atoms with Gasteiger partial charge >= 0.3 is 11.9 Å². The molecule has 1 heterocycles. The van der Waals surface area contributed by atoms with Gasteiger partial charge in [0.25, 0.3) is 5.91 Å². The summed E-state index contributed by atoms with van der Waals surface area (Å²) in [6.45, 7) is 5.07. The highest BCUT2D eigenvalue weighted by atomic mass is 16.7. The Balaban J connectivity index is 1.24. The van der Waals surface area contributed by atoms with Crippen LogP contribution in [0, 0.1) is 29.1 Å². The first-order valence-corrected chi connectivity index (χ1v) is 14.6. The fraction of sp³-hybridized carbons (Fsp3) is 0.733. The third-order valence-electron chi connectivity index (χ3n) is 9.10. The maximum absolute atomic E-state index is 13.2. The Hall–Kier alpha value is -2.88. The van der Waals surface area contributed by atoms with E-state index in [4.69, 9.17) is 23.7 Å². The quantitative estimate of drug-likeness (QED) is 0.282. The molecule has 40 heavy (non-hydrogen) atoms. The highest BCUT2D eigenvalue weighted by Gasteiger charge is 2.56. The topological polar surface area (TPSA) is 122 Å². The number of carbonyl (C=O) groups excluding carboxylic acids is 3. The second-order valence-electron chi connectivity index (χ2n) is 12.4. The van der Waals surface area contributed by atoms with Crippen molar-refractivity contribution in [1.29, 1.82) is 0 Å². The van der Waals surface area contributed by atoms with E-state index in [-0.39, 0.29) is 28.7 Å². The molecule has 5 fully saturated rings. The lowest BCUT2D eigenvalue weighted by Crippen LogP contribution is -2.56. The zero-order chi connectivity index (χ0) is 28.4. The average molecular weight is 559 g/mol. The number of rotatable bonds is 13. The number of hydrogen-bond acceptors (Lipinski definition) is 9. The van der Waals surface area contributed by atoms with E-state index in [1.807, 2.05) is 6.92 Å². The van der Waals surface area contributed by atoms with Gasteiger partial charge in [-0.2, -0.15) is 0 Å². The van der Waals surface area contributed by atoms with Crippen molar-refractivity contribution in [2.75, 3.05) is 20.5 Å². The third-order valence-corrected chi connectivity index (χ3v) is 9.10. The molecule has 5 saturated carbocycles. The van der Waals surface area contributed by atoms with Gasteiger partial charge in [0.05, 0.1) is 13.2 Å². The van der Waals surface area contributed by atoms with Gasteiger partial charge in [0.2, 0.25) is 6.79 Å². The van der Waals surface area contributed by atoms with Gasteiger partial charge in [-0.25, -0.2) is 9.78 Å². The highest BCUT2D eigenvalue weighted by Crippen LogP contribution is 2.62. The van der Waals surface area contributed by atoms with E-state index in [1.165, 1.54) is 58.4 Å². The smallest absolute Gasteiger partial charge is 0.328 e. The lowest BCUT2D eigenvalue weighted by atomic mass is 9.47. The third kappa shape index (κ3) is 6.37. The molecule has 3 atom stereocenters. The summed E-state index contributed by atoms with van der Waals surface area (Å²) in [5, 5.41) is 2.67. The van der Waals surface area contributed by atoms with Gasteiger partial charge < -0.3 is 29.0 Å². The summed E-state index contributed by atoms with van der Waals surface area (Å²) in [6.07, 6.45) is 10.7. The summed E-state index contributed by atoms with van der Waals surface area (Å²) in [5.74, 6) is 1.42. The predicted octanol–water partition coefficient (Wildman–Crippen LogP) is 4.05. The molecule has 1 aromatic rings. The van der Waals surface area contributed by atoms with E-state index in [1.54, 1.807) is 6.92 Å². The lowest BCUT2D eigenvalue weighted by molar-refractivity contribution is -0.192. The standard InChI is InChI=1S/C30H42N2O8/c1-17(32-28(34)25-26(39-16-38-19(3)33)24(36-4)7-8-31-25)29(35)40-18(2)27(37-15-20-5-6-20)30-12-21-9-22(13-30)11-23(10-21)14-30/h7-8,17-18,20-23,27H,5-6,9-16H2,1-4H3,(H,32,34)/t17-,18-,21?,22?,23?,27-,30?/m0/s1. The molecule has 0 unspecified atom stereocenters. The van der Waals surface area contributed by atoms with Gasteiger partial charge in [-0.1, -0.05) is 0 Å². The molecular formula is C30H42N2O8. The molecule has 1 amide bonds. The molecule has 1 N–H and O–H groups in total. The van der Waals surface area contributed by atoms with E-state index < -0.39 is 36.8 Å². The van der Waals surface area contributed by atoms with E-state index in [0.29, 0.717) is 5.92 Å². The minimum Gasteiger partial charge on any atom is -0.493 e. The van der Waals surface area contributed by atoms with Crippen LogP contribution in [0.15, 0.2) is 12.3 Å². The van der Waals surface area contributed by atoms with Crippen LogP contribution >= 0.6 is 0 Å². The van der Waals surface area contributed by atoms with E-state index in [0.717, 1.165) is 43.6 Å². The van der Waals surface area contributed by atoms with Crippen molar-refractivity contribution in [3.8, 4) is 11.5 Å². The molecule has 10 nitrogen and oxygen atoms in total. The van der Waals surface area contributed by atoms with Gasteiger partial charge in [0.1, 0.15) is 12.1 Å². The molecule has 5 aliphatic rings. The van der Waals surface area contributed by atoms with Crippen molar-refractivity contribution in [3.05, 3.63) is 18.0 Å². The van der Waals surface area contributed by atoms with Gasteiger partial charge in [0, 0.05) is 31.2 Å². The molecule has 4 bridgehead atoms. The maximum atomic E-state index is 13.2. The first kappa shape index (κ1) is 28.6. The Morgan fingerprint density at radius 3 is 2.30 bits per heavy atom. The zero-order valence-electron chi connectivity index (χ0n) is 24.0. The average Bonchev–Trinajstić information content (AvgIpc) is 3.72. The van der Waals surface area contributed by atoms with Crippen LogP contribution in [0.5, 0.6) is 11.5 Å². The Morgan fingerprint density at radius 2 is 1.73 bits per heavy atom. The van der Waals surface area contributed by atoms with Crippen LogP contribution in [0.25, 0.3) is 0 Å². The molecule has 1 aromatic heterocycles. The van der Waals surface area contributed by atoms with E-state index >= 15 is 0 Å². The first-order valence-electron chi connectivity index (χ1n) is 14.6. The highest BCUT2D eigenvalue weighted by molar-refractivity contribution is 5.98. The Kier molecular flexibility index (Phi) is 8.54. The molecule has 0 aliphatic heterocycles. The minimum absolute atomic E-state index is 0.00745. The summed E-state index contributed by atoms with van der Waals surface area (Å²) in [4.78, 5) is 41.6. The Morgan fingerprint density at radius 1 is 1.07 bits per heavy atom. The van der Waals surface area contributed by atoms with Crippen molar-refractivity contribution < 1.29 is 38.1 Å². The van der Waals surface area contributed by atoms with Crippen LogP contribution in [0.2, 0.25) is 0 Å². The molecule has 6 rings (SSSR count). The summed E-state index contributed by atoms with van der Waals surface area (Å²) < 4.78 is 28.2. The predicted molar refractivity (Wildman–Crippen MR) is 144 cm³/mol. The monoisotopic (exact) mass is 558 g/mol. The van der Waals surface area contributed by atoms with Gasteiger partial charge in [-0.05, 0) is 88.9 Å². The normalized spacial score (nSPS) is 28.8. The van der Waals surface area contributed by atoms with Crippen LogP contribution in [-0.4, -0.2) is 61.6 Å². The van der Waals surface area contributed by atoms with Gasteiger partial charge in [-0.3, -0.25) is 9.59 Å². The summed E-state index contributed by atoms with van der Waals surface area (Å²) >= 11 is 0. The number of aromatic nitrogens is 1. The Labute approximate surface area is 235 Å². The molecule has 0 saturated heterocycles. The summed E-state index contributed by atoms with van der Waals surface area (Å²) in [6, 6.07) is 0.579. The fourth-order valence-electron chi connectivity index (χ4n) is 7.60. The number of carbonyl (C=O) groups is 3.